The average molecular weight is 349 g/mol. The van der Waals surface area contributed by atoms with Gasteiger partial charge >= 0.3 is 17.8 Å². The number of ether oxygens (including phenoxy) is 1. The molecule has 128 valence electrons. The van der Waals surface area contributed by atoms with Crippen molar-refractivity contribution in [3.8, 4) is 16.9 Å². The first-order valence-corrected chi connectivity index (χ1v) is 7.06. The minimum absolute atomic E-state index is 0.00279. The van der Waals surface area contributed by atoms with Gasteiger partial charge in [-0.05, 0) is 18.2 Å². The summed E-state index contributed by atoms with van der Waals surface area (Å²) in [6.07, 6.45) is -3.37. The number of halogens is 3. The Morgan fingerprint density at radius 2 is 1.88 bits per heavy atom. The summed E-state index contributed by atoms with van der Waals surface area (Å²) >= 11 is 0. The fraction of sp³-hybridized carbons (Fsp3) is 0.118. The zero-order valence-corrected chi connectivity index (χ0v) is 12.8. The molecule has 0 amide bonds. The Morgan fingerprint density at radius 1 is 1.16 bits per heavy atom. The third kappa shape index (κ3) is 3.10. The standard InChI is InChI=1S/C17H10F3NO4/c1-9(22)24-15-13(10-5-2-3-6-11(10)17(18,19)20)16(23)25-12-7-4-8-21-14(12)15/h2-8H,1H3. The lowest BCUT2D eigenvalue weighted by Gasteiger charge is -2.15. The van der Waals surface area contributed by atoms with Crippen molar-refractivity contribution in [3.63, 3.8) is 0 Å². The molecule has 3 aromatic rings. The number of aromatic nitrogens is 1. The molecule has 0 saturated carbocycles. The molecule has 0 fully saturated rings. The molecule has 2 heterocycles. The first kappa shape index (κ1) is 16.7. The van der Waals surface area contributed by atoms with Crippen molar-refractivity contribution in [3.05, 3.63) is 58.6 Å². The Morgan fingerprint density at radius 3 is 2.56 bits per heavy atom. The van der Waals surface area contributed by atoms with E-state index in [9.17, 15) is 22.8 Å². The highest BCUT2D eigenvalue weighted by molar-refractivity contribution is 5.91. The van der Waals surface area contributed by atoms with Crippen LogP contribution in [0.1, 0.15) is 12.5 Å². The second kappa shape index (κ2) is 6.04. The molecule has 0 saturated heterocycles. The van der Waals surface area contributed by atoms with Crippen LogP contribution in [0.3, 0.4) is 0 Å². The monoisotopic (exact) mass is 349 g/mol. The number of carbonyl (C=O) groups is 1. The fourth-order valence-electron chi connectivity index (χ4n) is 2.43. The molecule has 0 radical (unpaired) electrons. The highest BCUT2D eigenvalue weighted by atomic mass is 19.4. The van der Waals surface area contributed by atoms with Crippen molar-refractivity contribution in [2.24, 2.45) is 0 Å². The largest absolute Gasteiger partial charge is 0.423 e. The van der Waals surface area contributed by atoms with Gasteiger partial charge in [0.05, 0.1) is 5.56 Å². The topological polar surface area (TPSA) is 69.4 Å². The van der Waals surface area contributed by atoms with Gasteiger partial charge in [-0.3, -0.25) is 4.79 Å². The number of nitrogens with zero attached hydrogens (tertiary/aromatic N) is 1. The van der Waals surface area contributed by atoms with Crippen molar-refractivity contribution < 1.29 is 27.1 Å². The van der Waals surface area contributed by atoms with Gasteiger partial charge in [-0.1, -0.05) is 18.2 Å². The second-order valence-electron chi connectivity index (χ2n) is 5.08. The molecule has 3 rings (SSSR count). The van der Waals surface area contributed by atoms with Crippen molar-refractivity contribution in [2.75, 3.05) is 0 Å². The molecular weight excluding hydrogens is 339 g/mol. The smallest absolute Gasteiger partial charge is 0.417 e. The number of pyridine rings is 1. The van der Waals surface area contributed by atoms with Crippen LogP contribution in [0.15, 0.2) is 51.8 Å². The average Bonchev–Trinajstić information content (AvgIpc) is 2.53. The van der Waals surface area contributed by atoms with E-state index in [0.717, 1.165) is 19.1 Å². The highest BCUT2D eigenvalue weighted by Gasteiger charge is 2.35. The zero-order valence-electron chi connectivity index (χ0n) is 12.8. The number of benzene rings is 1. The zero-order chi connectivity index (χ0) is 18.2. The van der Waals surface area contributed by atoms with Crippen molar-refractivity contribution >= 4 is 17.1 Å². The molecule has 0 aliphatic rings. The Labute approximate surface area is 138 Å². The molecule has 0 unspecified atom stereocenters. The lowest BCUT2D eigenvalue weighted by molar-refractivity contribution is -0.137. The van der Waals surface area contributed by atoms with E-state index >= 15 is 0 Å². The third-order valence-electron chi connectivity index (χ3n) is 3.37. The molecule has 0 N–H and O–H groups in total. The second-order valence-corrected chi connectivity index (χ2v) is 5.08. The quantitative estimate of drug-likeness (QED) is 0.658. The van der Waals surface area contributed by atoms with E-state index in [2.05, 4.69) is 4.98 Å². The van der Waals surface area contributed by atoms with Gasteiger partial charge in [0.2, 0.25) is 0 Å². The summed E-state index contributed by atoms with van der Waals surface area (Å²) in [5.41, 5.74) is -3.09. The van der Waals surface area contributed by atoms with Gasteiger partial charge in [0.1, 0.15) is 11.1 Å². The van der Waals surface area contributed by atoms with E-state index in [-0.39, 0.29) is 16.8 Å². The maximum absolute atomic E-state index is 13.3. The number of hydrogen-bond acceptors (Lipinski definition) is 5. The summed E-state index contributed by atoms with van der Waals surface area (Å²) in [6, 6.07) is 7.34. The lowest BCUT2D eigenvalue weighted by Crippen LogP contribution is -2.14. The van der Waals surface area contributed by atoms with Crippen LogP contribution in [-0.2, 0) is 11.0 Å². The highest BCUT2D eigenvalue weighted by Crippen LogP contribution is 2.40. The summed E-state index contributed by atoms with van der Waals surface area (Å²) in [7, 11) is 0. The maximum Gasteiger partial charge on any atom is 0.417 e. The normalized spacial score (nSPS) is 11.5. The van der Waals surface area contributed by atoms with Crippen molar-refractivity contribution in [1.82, 2.24) is 4.98 Å². The molecule has 0 atom stereocenters. The number of alkyl halides is 3. The van der Waals surface area contributed by atoms with E-state index in [0.29, 0.717) is 0 Å². The molecule has 0 bridgehead atoms. The Kier molecular flexibility index (Phi) is 4.03. The van der Waals surface area contributed by atoms with E-state index in [4.69, 9.17) is 9.15 Å². The van der Waals surface area contributed by atoms with Crippen LogP contribution >= 0.6 is 0 Å². The fourth-order valence-corrected chi connectivity index (χ4v) is 2.43. The SMILES string of the molecule is CC(=O)Oc1c(-c2ccccc2C(F)(F)F)c(=O)oc2cccnc12. The van der Waals surface area contributed by atoms with Crippen LogP contribution in [0.4, 0.5) is 13.2 Å². The number of carbonyl (C=O) groups excluding carboxylic acids is 1. The third-order valence-corrected chi connectivity index (χ3v) is 3.37. The first-order chi connectivity index (χ1) is 11.8. The van der Waals surface area contributed by atoms with Crippen LogP contribution < -0.4 is 10.4 Å². The number of fused-ring (bicyclic) bond motifs is 1. The molecule has 0 aliphatic heterocycles. The Balaban J connectivity index is 2.43. The Hall–Kier alpha value is -3.16. The summed E-state index contributed by atoms with van der Waals surface area (Å²) in [5, 5.41) is 0. The summed E-state index contributed by atoms with van der Waals surface area (Å²) < 4.78 is 50.0. The molecule has 2 aromatic heterocycles. The predicted molar refractivity (Wildman–Crippen MR) is 82.0 cm³/mol. The van der Waals surface area contributed by atoms with Gasteiger partial charge in [0, 0.05) is 18.7 Å². The van der Waals surface area contributed by atoms with Crippen molar-refractivity contribution in [1.29, 1.82) is 0 Å². The van der Waals surface area contributed by atoms with Crippen LogP contribution in [0.2, 0.25) is 0 Å². The van der Waals surface area contributed by atoms with Gasteiger partial charge in [0.15, 0.2) is 11.3 Å². The maximum atomic E-state index is 13.3. The predicted octanol–water partition coefficient (Wildman–Crippen LogP) is 3.80. The van der Waals surface area contributed by atoms with Crippen LogP contribution in [0.25, 0.3) is 22.2 Å². The molecule has 0 aliphatic carbocycles. The number of rotatable bonds is 2. The van der Waals surface area contributed by atoms with Crippen LogP contribution in [0, 0.1) is 0 Å². The van der Waals surface area contributed by atoms with Gasteiger partial charge in [0.25, 0.3) is 0 Å². The minimum atomic E-state index is -4.71. The molecule has 25 heavy (non-hydrogen) atoms. The lowest BCUT2D eigenvalue weighted by atomic mass is 9.99. The number of esters is 1. The van der Waals surface area contributed by atoms with Crippen LogP contribution in [-0.4, -0.2) is 11.0 Å². The van der Waals surface area contributed by atoms with E-state index in [1.807, 2.05) is 0 Å². The molecule has 1 aromatic carbocycles. The van der Waals surface area contributed by atoms with E-state index < -0.39 is 34.5 Å². The van der Waals surface area contributed by atoms with Gasteiger partial charge in [-0.25, -0.2) is 9.78 Å². The molecule has 0 spiro atoms. The van der Waals surface area contributed by atoms with Gasteiger partial charge < -0.3 is 9.15 Å². The molecule has 8 heteroatoms. The summed E-state index contributed by atoms with van der Waals surface area (Å²) in [4.78, 5) is 27.8. The number of hydrogen-bond donors (Lipinski definition) is 0. The van der Waals surface area contributed by atoms with Gasteiger partial charge in [-0.2, -0.15) is 13.2 Å². The summed E-state index contributed by atoms with van der Waals surface area (Å²) in [5.74, 6) is -1.17. The Bertz CT molecular complexity index is 1020. The summed E-state index contributed by atoms with van der Waals surface area (Å²) in [6.45, 7) is 1.07. The molecular formula is C17H10F3NO4. The van der Waals surface area contributed by atoms with Crippen LogP contribution in [0.5, 0.6) is 5.75 Å². The van der Waals surface area contributed by atoms with Gasteiger partial charge in [-0.15, -0.1) is 0 Å². The van der Waals surface area contributed by atoms with Crippen molar-refractivity contribution in [2.45, 2.75) is 13.1 Å². The first-order valence-electron chi connectivity index (χ1n) is 7.06. The minimum Gasteiger partial charge on any atom is -0.423 e. The van der Waals surface area contributed by atoms with E-state index in [1.165, 1.54) is 30.5 Å². The van der Waals surface area contributed by atoms with E-state index in [1.54, 1.807) is 0 Å². The molecule has 5 nitrogen and oxygen atoms in total.